The van der Waals surface area contributed by atoms with Gasteiger partial charge in [-0.25, -0.2) is 14.0 Å². The third-order valence-electron chi connectivity index (χ3n) is 3.11. The molecule has 0 amide bonds. The highest BCUT2D eigenvalue weighted by molar-refractivity contribution is 5.35. The molecule has 0 aliphatic carbocycles. The van der Waals surface area contributed by atoms with E-state index >= 15 is 0 Å². The third kappa shape index (κ3) is 3.17. The summed E-state index contributed by atoms with van der Waals surface area (Å²) in [5, 5.41) is 13.8. The summed E-state index contributed by atoms with van der Waals surface area (Å²) in [6, 6.07) is 7.85. The molecule has 2 aromatic rings. The minimum absolute atomic E-state index is 0.170. The monoisotopic (exact) mass is 275 g/mol. The number of rotatable bonds is 4. The molecular formula is C15H21N3O2. The fourth-order valence-corrected chi connectivity index (χ4v) is 2.01. The predicted molar refractivity (Wildman–Crippen MR) is 78.2 cm³/mol. The highest BCUT2D eigenvalue weighted by Crippen LogP contribution is 2.16. The lowest BCUT2D eigenvalue weighted by Gasteiger charge is -2.15. The van der Waals surface area contributed by atoms with E-state index in [4.69, 9.17) is 0 Å². The molecule has 0 radical (unpaired) electrons. The molecule has 0 aliphatic rings. The molecule has 1 aromatic heterocycles. The van der Waals surface area contributed by atoms with Gasteiger partial charge < -0.3 is 5.11 Å². The summed E-state index contributed by atoms with van der Waals surface area (Å²) in [4.78, 5) is 12.2. The van der Waals surface area contributed by atoms with E-state index < -0.39 is 5.60 Å². The molecule has 1 aromatic carbocycles. The number of hydrogen-bond acceptors (Lipinski definition) is 3. The third-order valence-corrected chi connectivity index (χ3v) is 3.11. The number of nitrogens with zero attached hydrogens (tertiary/aromatic N) is 3. The Labute approximate surface area is 118 Å². The Morgan fingerprint density at radius 3 is 2.35 bits per heavy atom. The van der Waals surface area contributed by atoms with Crippen LogP contribution < -0.4 is 5.69 Å². The standard InChI is InChI=1S/C15H21N3O2/c1-11(2)12-5-7-13(8-6-12)17-10-16-18(14(17)19)9-15(3,4)20/h5-8,10-11,20H,9H2,1-4H3. The van der Waals surface area contributed by atoms with Crippen molar-refractivity contribution in [3.05, 3.63) is 46.6 Å². The Morgan fingerprint density at radius 2 is 1.85 bits per heavy atom. The molecule has 0 saturated heterocycles. The Bertz CT molecular complexity index is 630. The summed E-state index contributed by atoms with van der Waals surface area (Å²) in [5.74, 6) is 0.457. The van der Waals surface area contributed by atoms with Crippen LogP contribution in [-0.2, 0) is 6.54 Å². The van der Waals surface area contributed by atoms with Gasteiger partial charge in [-0.2, -0.15) is 5.10 Å². The van der Waals surface area contributed by atoms with Gasteiger partial charge in [-0.3, -0.25) is 0 Å². The Balaban J connectivity index is 2.32. The zero-order valence-electron chi connectivity index (χ0n) is 12.4. The molecule has 0 unspecified atom stereocenters. The molecule has 0 atom stereocenters. The summed E-state index contributed by atoms with van der Waals surface area (Å²) in [7, 11) is 0. The molecule has 108 valence electrons. The Kier molecular flexibility index (Phi) is 3.81. The minimum Gasteiger partial charge on any atom is -0.389 e. The largest absolute Gasteiger partial charge is 0.389 e. The van der Waals surface area contributed by atoms with Gasteiger partial charge in [0.1, 0.15) is 6.33 Å². The number of aromatic nitrogens is 3. The first-order valence-electron chi connectivity index (χ1n) is 6.75. The van der Waals surface area contributed by atoms with Gasteiger partial charge in [-0.15, -0.1) is 0 Å². The van der Waals surface area contributed by atoms with E-state index in [1.54, 1.807) is 13.8 Å². The SMILES string of the molecule is CC(C)c1ccc(-n2cnn(CC(C)(C)O)c2=O)cc1. The van der Waals surface area contributed by atoms with E-state index in [0.717, 1.165) is 5.69 Å². The van der Waals surface area contributed by atoms with Crippen LogP contribution in [0.15, 0.2) is 35.4 Å². The predicted octanol–water partition coefficient (Wildman–Crippen LogP) is 1.93. The Morgan fingerprint density at radius 1 is 1.25 bits per heavy atom. The summed E-state index contributed by atoms with van der Waals surface area (Å²) in [5.41, 5.74) is 0.793. The first kappa shape index (κ1) is 14.5. The van der Waals surface area contributed by atoms with Gasteiger partial charge in [-0.1, -0.05) is 26.0 Å². The zero-order chi connectivity index (χ0) is 14.9. The highest BCUT2D eigenvalue weighted by Gasteiger charge is 2.17. The molecule has 1 N–H and O–H groups in total. The lowest BCUT2D eigenvalue weighted by Crippen LogP contribution is -2.34. The van der Waals surface area contributed by atoms with Crippen LogP contribution in [0.3, 0.4) is 0 Å². The van der Waals surface area contributed by atoms with E-state index in [2.05, 4.69) is 18.9 Å². The van der Waals surface area contributed by atoms with Crippen LogP contribution in [-0.4, -0.2) is 25.1 Å². The van der Waals surface area contributed by atoms with Crippen molar-refractivity contribution in [2.24, 2.45) is 0 Å². The van der Waals surface area contributed by atoms with Crippen molar-refractivity contribution in [2.45, 2.75) is 45.8 Å². The van der Waals surface area contributed by atoms with Crippen LogP contribution in [0.1, 0.15) is 39.2 Å². The van der Waals surface area contributed by atoms with E-state index in [1.807, 2.05) is 24.3 Å². The molecule has 1 heterocycles. The number of benzene rings is 1. The maximum atomic E-state index is 12.2. The molecule has 0 fully saturated rings. The van der Waals surface area contributed by atoms with Crippen LogP contribution >= 0.6 is 0 Å². The van der Waals surface area contributed by atoms with Crippen LogP contribution in [0.5, 0.6) is 0 Å². The second kappa shape index (κ2) is 5.25. The lowest BCUT2D eigenvalue weighted by molar-refractivity contribution is 0.0564. The first-order valence-corrected chi connectivity index (χ1v) is 6.75. The van der Waals surface area contributed by atoms with Crippen LogP contribution in [0.25, 0.3) is 5.69 Å². The normalized spacial score (nSPS) is 12.1. The molecule has 0 spiro atoms. The molecule has 0 bridgehead atoms. The van der Waals surface area contributed by atoms with Gasteiger partial charge in [0.25, 0.3) is 0 Å². The van der Waals surface area contributed by atoms with Gasteiger partial charge in [0.05, 0.1) is 17.8 Å². The fraction of sp³-hybridized carbons (Fsp3) is 0.467. The number of hydrogen-bond donors (Lipinski definition) is 1. The number of aliphatic hydroxyl groups is 1. The first-order chi connectivity index (χ1) is 9.28. The second-order valence-electron chi connectivity index (χ2n) is 6.00. The summed E-state index contributed by atoms with van der Waals surface area (Å²) < 4.78 is 2.76. The lowest BCUT2D eigenvalue weighted by atomic mass is 10.0. The van der Waals surface area contributed by atoms with Crippen molar-refractivity contribution in [1.82, 2.24) is 14.3 Å². The van der Waals surface area contributed by atoms with Crippen molar-refractivity contribution < 1.29 is 5.11 Å². The molecule has 2 rings (SSSR count). The fourth-order valence-electron chi connectivity index (χ4n) is 2.01. The van der Waals surface area contributed by atoms with E-state index in [0.29, 0.717) is 5.92 Å². The smallest absolute Gasteiger partial charge is 0.350 e. The molecule has 20 heavy (non-hydrogen) atoms. The highest BCUT2D eigenvalue weighted by atomic mass is 16.3. The van der Waals surface area contributed by atoms with Crippen LogP contribution in [0.4, 0.5) is 0 Å². The molecule has 0 aliphatic heterocycles. The van der Waals surface area contributed by atoms with Gasteiger partial charge in [0.2, 0.25) is 0 Å². The van der Waals surface area contributed by atoms with Gasteiger partial charge in [0, 0.05) is 0 Å². The van der Waals surface area contributed by atoms with Crippen molar-refractivity contribution in [3.63, 3.8) is 0 Å². The van der Waals surface area contributed by atoms with Crippen LogP contribution in [0, 0.1) is 0 Å². The van der Waals surface area contributed by atoms with E-state index in [1.165, 1.54) is 21.1 Å². The summed E-state index contributed by atoms with van der Waals surface area (Å²) in [6.07, 6.45) is 1.48. The molecule has 0 saturated carbocycles. The summed E-state index contributed by atoms with van der Waals surface area (Å²) in [6.45, 7) is 7.72. The average Bonchev–Trinajstić information content (AvgIpc) is 2.69. The van der Waals surface area contributed by atoms with Crippen molar-refractivity contribution in [2.75, 3.05) is 0 Å². The van der Waals surface area contributed by atoms with Crippen molar-refractivity contribution in [3.8, 4) is 5.69 Å². The minimum atomic E-state index is -0.968. The van der Waals surface area contributed by atoms with Crippen LogP contribution in [0.2, 0.25) is 0 Å². The second-order valence-corrected chi connectivity index (χ2v) is 6.00. The Hall–Kier alpha value is -1.88. The maximum absolute atomic E-state index is 12.2. The molecule has 5 nitrogen and oxygen atoms in total. The molecule has 5 heteroatoms. The average molecular weight is 275 g/mol. The van der Waals surface area contributed by atoms with Gasteiger partial charge in [-0.05, 0) is 37.5 Å². The summed E-state index contributed by atoms with van der Waals surface area (Å²) >= 11 is 0. The van der Waals surface area contributed by atoms with E-state index in [9.17, 15) is 9.90 Å². The topological polar surface area (TPSA) is 60.1 Å². The zero-order valence-corrected chi connectivity index (χ0v) is 12.4. The maximum Gasteiger partial charge on any atom is 0.350 e. The van der Waals surface area contributed by atoms with Gasteiger partial charge in [0.15, 0.2) is 0 Å². The van der Waals surface area contributed by atoms with E-state index in [-0.39, 0.29) is 12.2 Å². The van der Waals surface area contributed by atoms with Crippen molar-refractivity contribution in [1.29, 1.82) is 0 Å². The van der Waals surface area contributed by atoms with Crippen molar-refractivity contribution >= 4 is 0 Å². The van der Waals surface area contributed by atoms with Gasteiger partial charge >= 0.3 is 5.69 Å². The molecular weight excluding hydrogens is 254 g/mol. The quantitative estimate of drug-likeness (QED) is 0.927.